The lowest BCUT2D eigenvalue weighted by Crippen LogP contribution is -2.10. The molecule has 138 valence electrons. The van der Waals surface area contributed by atoms with Crippen molar-refractivity contribution in [3.63, 3.8) is 0 Å². The van der Waals surface area contributed by atoms with Crippen LogP contribution in [0.25, 0.3) is 0 Å². The highest BCUT2D eigenvalue weighted by atomic mass is 16.7. The minimum atomic E-state index is 0.000212. The average molecular weight is 356 g/mol. The number of methoxy groups -OCH3 is 2. The minimum Gasteiger partial charge on any atom is -0.493 e. The van der Waals surface area contributed by atoms with Crippen molar-refractivity contribution in [1.29, 1.82) is 0 Å². The van der Waals surface area contributed by atoms with Crippen molar-refractivity contribution < 1.29 is 23.7 Å². The van der Waals surface area contributed by atoms with Crippen molar-refractivity contribution >= 4 is 0 Å². The van der Waals surface area contributed by atoms with Gasteiger partial charge in [-0.05, 0) is 47.2 Å². The third-order valence-electron chi connectivity index (χ3n) is 5.54. The van der Waals surface area contributed by atoms with E-state index in [0.29, 0.717) is 11.8 Å². The summed E-state index contributed by atoms with van der Waals surface area (Å²) in [7, 11) is 3.29. The zero-order valence-corrected chi connectivity index (χ0v) is 15.5. The van der Waals surface area contributed by atoms with E-state index in [1.54, 1.807) is 14.2 Å². The predicted octanol–water partition coefficient (Wildman–Crippen LogP) is 4.52. The van der Waals surface area contributed by atoms with Crippen LogP contribution in [0, 0.1) is 11.8 Å². The number of hydrogen-bond donors (Lipinski definition) is 0. The largest absolute Gasteiger partial charge is 0.493 e. The lowest BCUT2D eigenvalue weighted by atomic mass is 9.85. The summed E-state index contributed by atoms with van der Waals surface area (Å²) in [4.78, 5) is 0. The van der Waals surface area contributed by atoms with Gasteiger partial charge in [0.2, 0.25) is 6.79 Å². The molecule has 2 aromatic carbocycles. The van der Waals surface area contributed by atoms with Gasteiger partial charge in [0.25, 0.3) is 0 Å². The van der Waals surface area contributed by atoms with Crippen LogP contribution in [0.3, 0.4) is 0 Å². The van der Waals surface area contributed by atoms with Crippen LogP contribution in [0.2, 0.25) is 0 Å². The van der Waals surface area contributed by atoms with Crippen molar-refractivity contribution in [2.24, 2.45) is 11.8 Å². The van der Waals surface area contributed by atoms with E-state index in [4.69, 9.17) is 23.7 Å². The van der Waals surface area contributed by atoms with E-state index >= 15 is 0 Å². The normalized spacial score (nSPS) is 26.8. The topological polar surface area (TPSA) is 46.2 Å². The molecule has 2 aliphatic rings. The van der Waals surface area contributed by atoms with Crippen LogP contribution >= 0.6 is 0 Å². The van der Waals surface area contributed by atoms with E-state index in [9.17, 15) is 0 Å². The zero-order valence-electron chi connectivity index (χ0n) is 15.5. The molecule has 4 atom stereocenters. The van der Waals surface area contributed by atoms with E-state index < -0.39 is 0 Å². The lowest BCUT2D eigenvalue weighted by molar-refractivity contribution is 0.0288. The third kappa shape index (κ3) is 2.76. The fourth-order valence-electron chi connectivity index (χ4n) is 3.84. The molecule has 2 aliphatic heterocycles. The first-order valence-corrected chi connectivity index (χ1v) is 8.89. The van der Waals surface area contributed by atoms with Crippen LogP contribution in [0.4, 0.5) is 0 Å². The third-order valence-corrected chi connectivity index (χ3v) is 5.54. The zero-order chi connectivity index (χ0) is 18.3. The Morgan fingerprint density at radius 1 is 0.769 bits per heavy atom. The SMILES string of the molecule is COc1ccc([C@@H]2O[C@H](c3ccc4c(c3)OCO4)[C@H](C)[C@@H]2C)cc1OC. The number of fused-ring (bicyclic) bond motifs is 1. The molecule has 1 saturated heterocycles. The van der Waals surface area contributed by atoms with Gasteiger partial charge in [-0.3, -0.25) is 0 Å². The molecule has 0 N–H and O–H groups in total. The van der Waals surface area contributed by atoms with Crippen LogP contribution in [-0.4, -0.2) is 21.0 Å². The highest BCUT2D eigenvalue weighted by Gasteiger charge is 2.41. The molecule has 0 aromatic heterocycles. The Morgan fingerprint density at radius 2 is 1.38 bits per heavy atom. The van der Waals surface area contributed by atoms with Gasteiger partial charge in [0.05, 0.1) is 26.4 Å². The van der Waals surface area contributed by atoms with Crippen LogP contribution in [0.1, 0.15) is 37.2 Å². The summed E-state index contributed by atoms with van der Waals surface area (Å²) < 4.78 is 28.2. The molecule has 0 bridgehead atoms. The molecule has 0 unspecified atom stereocenters. The second-order valence-electron chi connectivity index (χ2n) is 6.92. The van der Waals surface area contributed by atoms with E-state index in [0.717, 1.165) is 34.1 Å². The maximum absolute atomic E-state index is 6.50. The van der Waals surface area contributed by atoms with Gasteiger partial charge < -0.3 is 23.7 Å². The molecule has 4 rings (SSSR count). The van der Waals surface area contributed by atoms with Crippen molar-refractivity contribution in [2.75, 3.05) is 21.0 Å². The summed E-state index contributed by atoms with van der Waals surface area (Å²) in [5.41, 5.74) is 2.22. The van der Waals surface area contributed by atoms with Crippen LogP contribution in [-0.2, 0) is 4.74 Å². The van der Waals surface area contributed by atoms with Gasteiger partial charge in [-0.25, -0.2) is 0 Å². The summed E-state index contributed by atoms with van der Waals surface area (Å²) in [6.07, 6.45) is 0.0119. The molecule has 2 aromatic rings. The Hall–Kier alpha value is -2.40. The molecule has 0 saturated carbocycles. The van der Waals surface area contributed by atoms with E-state index in [-0.39, 0.29) is 19.0 Å². The first-order valence-electron chi connectivity index (χ1n) is 8.89. The van der Waals surface area contributed by atoms with Gasteiger partial charge in [0.1, 0.15) is 0 Å². The Balaban J connectivity index is 1.62. The fraction of sp³-hybridized carbons (Fsp3) is 0.429. The number of rotatable bonds is 4. The average Bonchev–Trinajstić information content (AvgIpc) is 3.25. The predicted molar refractivity (Wildman–Crippen MR) is 97.0 cm³/mol. The Labute approximate surface area is 153 Å². The maximum Gasteiger partial charge on any atom is 0.231 e. The molecular weight excluding hydrogens is 332 g/mol. The second kappa shape index (κ2) is 6.72. The summed E-state index contributed by atoms with van der Waals surface area (Å²) >= 11 is 0. The first kappa shape index (κ1) is 17.0. The number of benzene rings is 2. The molecule has 26 heavy (non-hydrogen) atoms. The standard InChI is InChI=1S/C21H24O5/c1-12-13(2)21(15-6-8-17-19(10-15)25-11-24-17)26-20(12)14-5-7-16(22-3)18(9-14)23-4/h5-10,12-13,20-21H,11H2,1-4H3/t12-,13+,20+,21-/m0/s1. The Morgan fingerprint density at radius 3 is 2.08 bits per heavy atom. The van der Waals surface area contributed by atoms with Gasteiger partial charge in [0, 0.05) is 0 Å². The van der Waals surface area contributed by atoms with E-state index in [1.165, 1.54) is 0 Å². The van der Waals surface area contributed by atoms with E-state index in [1.807, 2.05) is 24.3 Å². The van der Waals surface area contributed by atoms with Crippen LogP contribution < -0.4 is 18.9 Å². The summed E-state index contributed by atoms with van der Waals surface area (Å²) in [6.45, 7) is 4.75. The molecule has 0 spiro atoms. The van der Waals surface area contributed by atoms with Crippen molar-refractivity contribution in [1.82, 2.24) is 0 Å². The monoisotopic (exact) mass is 356 g/mol. The minimum absolute atomic E-state index is 0.000212. The van der Waals surface area contributed by atoms with Gasteiger partial charge in [0.15, 0.2) is 23.0 Å². The first-order chi connectivity index (χ1) is 12.6. The number of ether oxygens (including phenoxy) is 5. The molecule has 0 aliphatic carbocycles. The number of hydrogen-bond acceptors (Lipinski definition) is 5. The van der Waals surface area contributed by atoms with Gasteiger partial charge in [-0.15, -0.1) is 0 Å². The Kier molecular flexibility index (Phi) is 4.41. The summed E-state index contributed by atoms with van der Waals surface area (Å²) in [5, 5.41) is 0. The van der Waals surface area contributed by atoms with Crippen molar-refractivity contribution in [2.45, 2.75) is 26.1 Å². The highest BCUT2D eigenvalue weighted by Crippen LogP contribution is 2.50. The molecule has 2 heterocycles. The fourth-order valence-corrected chi connectivity index (χ4v) is 3.84. The van der Waals surface area contributed by atoms with Crippen LogP contribution in [0.5, 0.6) is 23.0 Å². The second-order valence-corrected chi connectivity index (χ2v) is 6.92. The van der Waals surface area contributed by atoms with Crippen molar-refractivity contribution in [3.8, 4) is 23.0 Å². The molecular formula is C21H24O5. The van der Waals surface area contributed by atoms with Gasteiger partial charge in [-0.1, -0.05) is 26.0 Å². The summed E-state index contributed by atoms with van der Waals surface area (Å²) in [6, 6.07) is 12.1. The molecule has 5 nitrogen and oxygen atoms in total. The quantitative estimate of drug-likeness (QED) is 0.806. The summed E-state index contributed by atoms with van der Waals surface area (Å²) in [5.74, 6) is 3.77. The van der Waals surface area contributed by atoms with Gasteiger partial charge >= 0.3 is 0 Å². The Bertz CT molecular complexity index is 803. The van der Waals surface area contributed by atoms with Crippen LogP contribution in [0.15, 0.2) is 36.4 Å². The smallest absolute Gasteiger partial charge is 0.231 e. The molecule has 5 heteroatoms. The molecule has 0 radical (unpaired) electrons. The van der Waals surface area contributed by atoms with E-state index in [2.05, 4.69) is 26.0 Å². The highest BCUT2D eigenvalue weighted by molar-refractivity contribution is 5.46. The van der Waals surface area contributed by atoms with Crippen molar-refractivity contribution in [3.05, 3.63) is 47.5 Å². The van der Waals surface area contributed by atoms with Gasteiger partial charge in [-0.2, -0.15) is 0 Å². The molecule has 1 fully saturated rings. The molecule has 0 amide bonds. The lowest BCUT2D eigenvalue weighted by Gasteiger charge is -2.18. The maximum atomic E-state index is 6.50.